The molecule has 1 aromatic heterocycles. The van der Waals surface area contributed by atoms with Crippen molar-refractivity contribution in [1.82, 2.24) is 4.98 Å². The van der Waals surface area contributed by atoms with Crippen molar-refractivity contribution in [3.63, 3.8) is 0 Å². The Morgan fingerprint density at radius 3 is 2.94 bits per heavy atom. The van der Waals surface area contributed by atoms with E-state index in [-0.39, 0.29) is 0 Å². The predicted octanol–water partition coefficient (Wildman–Crippen LogP) is 2.64. The molecule has 0 fully saturated rings. The molecule has 1 heterocycles. The summed E-state index contributed by atoms with van der Waals surface area (Å²) in [4.78, 5) is 6.46. The third-order valence-electron chi connectivity index (χ3n) is 2.95. The van der Waals surface area contributed by atoms with Crippen LogP contribution in [0.3, 0.4) is 0 Å². The summed E-state index contributed by atoms with van der Waals surface area (Å²) in [5.74, 6) is 0. The fraction of sp³-hybridized carbons (Fsp3) is 0.417. The number of rotatable bonds is 3. The molecule has 4 heteroatoms. The number of anilines is 2. The molecular weight excluding hydrogens is 202 g/mol. The molecule has 0 spiro atoms. The van der Waals surface area contributed by atoms with E-state index in [0.717, 1.165) is 17.5 Å². The molecule has 0 bridgehead atoms. The minimum Gasteiger partial charge on any atom is -0.423 e. The normalized spacial score (nSPS) is 12.9. The molecule has 1 unspecified atom stereocenters. The van der Waals surface area contributed by atoms with Gasteiger partial charge in [0, 0.05) is 24.8 Å². The van der Waals surface area contributed by atoms with Crippen molar-refractivity contribution in [2.45, 2.75) is 26.3 Å². The van der Waals surface area contributed by atoms with Gasteiger partial charge in [-0.2, -0.15) is 4.98 Å². The lowest BCUT2D eigenvalue weighted by Gasteiger charge is -2.21. The SMILES string of the molecule is CCC(C)N(C)c1nc2ccc(N)cc2o1. The highest BCUT2D eigenvalue weighted by Crippen LogP contribution is 2.24. The lowest BCUT2D eigenvalue weighted by Crippen LogP contribution is -2.28. The highest BCUT2D eigenvalue weighted by Gasteiger charge is 2.14. The van der Waals surface area contributed by atoms with Crippen molar-refractivity contribution in [3.8, 4) is 0 Å². The molecule has 1 atom stereocenters. The number of hydrogen-bond donors (Lipinski definition) is 1. The second-order valence-corrected chi connectivity index (χ2v) is 4.09. The van der Waals surface area contributed by atoms with Crippen LogP contribution in [0.5, 0.6) is 0 Å². The summed E-state index contributed by atoms with van der Waals surface area (Å²) in [5, 5.41) is 0. The van der Waals surface area contributed by atoms with Crippen molar-refractivity contribution in [3.05, 3.63) is 18.2 Å². The van der Waals surface area contributed by atoms with Gasteiger partial charge in [0.2, 0.25) is 0 Å². The highest BCUT2D eigenvalue weighted by atomic mass is 16.4. The molecule has 0 saturated heterocycles. The first-order chi connectivity index (χ1) is 7.61. The lowest BCUT2D eigenvalue weighted by molar-refractivity contribution is 0.542. The van der Waals surface area contributed by atoms with E-state index in [0.29, 0.717) is 17.7 Å². The molecule has 0 aliphatic heterocycles. The fourth-order valence-corrected chi connectivity index (χ4v) is 1.54. The number of fused-ring (bicyclic) bond motifs is 1. The molecule has 86 valence electrons. The Kier molecular flexibility index (Phi) is 2.73. The Morgan fingerprint density at radius 1 is 1.50 bits per heavy atom. The van der Waals surface area contributed by atoms with Gasteiger partial charge in [0.05, 0.1) is 0 Å². The van der Waals surface area contributed by atoms with Crippen LogP contribution in [0, 0.1) is 0 Å². The first-order valence-corrected chi connectivity index (χ1v) is 5.50. The molecule has 2 aromatic rings. The zero-order valence-corrected chi connectivity index (χ0v) is 9.90. The number of benzene rings is 1. The maximum absolute atomic E-state index is 5.69. The van der Waals surface area contributed by atoms with Crippen LogP contribution in [0.2, 0.25) is 0 Å². The Morgan fingerprint density at radius 2 is 2.25 bits per heavy atom. The van der Waals surface area contributed by atoms with E-state index in [1.807, 2.05) is 24.1 Å². The maximum Gasteiger partial charge on any atom is 0.298 e. The standard InChI is InChI=1S/C12H17N3O/c1-4-8(2)15(3)12-14-10-6-5-9(13)7-11(10)16-12/h5-8H,4,13H2,1-3H3. The molecule has 4 nitrogen and oxygen atoms in total. The molecule has 1 aromatic carbocycles. The summed E-state index contributed by atoms with van der Waals surface area (Å²) < 4.78 is 5.67. The average molecular weight is 219 g/mol. The van der Waals surface area contributed by atoms with Crippen LogP contribution in [0.4, 0.5) is 11.7 Å². The van der Waals surface area contributed by atoms with Gasteiger partial charge in [-0.25, -0.2) is 0 Å². The molecule has 0 saturated carbocycles. The summed E-state index contributed by atoms with van der Waals surface area (Å²) in [7, 11) is 1.99. The van der Waals surface area contributed by atoms with Crippen LogP contribution < -0.4 is 10.6 Å². The Hall–Kier alpha value is -1.71. The van der Waals surface area contributed by atoms with Crippen molar-refractivity contribution < 1.29 is 4.42 Å². The first-order valence-electron chi connectivity index (χ1n) is 5.50. The number of nitrogen functional groups attached to an aromatic ring is 1. The van der Waals surface area contributed by atoms with Crippen molar-refractivity contribution in [2.24, 2.45) is 0 Å². The third-order valence-corrected chi connectivity index (χ3v) is 2.95. The zero-order chi connectivity index (χ0) is 11.7. The Labute approximate surface area is 95.1 Å². The van der Waals surface area contributed by atoms with Crippen LogP contribution in [0.25, 0.3) is 11.1 Å². The fourth-order valence-electron chi connectivity index (χ4n) is 1.54. The minimum atomic E-state index is 0.408. The van der Waals surface area contributed by atoms with Gasteiger partial charge >= 0.3 is 0 Å². The zero-order valence-electron chi connectivity index (χ0n) is 9.90. The summed E-state index contributed by atoms with van der Waals surface area (Å²) in [5.41, 5.74) is 7.98. The number of nitrogens with two attached hydrogens (primary N) is 1. The van der Waals surface area contributed by atoms with Crippen LogP contribution in [-0.4, -0.2) is 18.1 Å². The predicted molar refractivity (Wildman–Crippen MR) is 66.6 cm³/mol. The van der Waals surface area contributed by atoms with Gasteiger partial charge in [0.15, 0.2) is 5.58 Å². The minimum absolute atomic E-state index is 0.408. The van der Waals surface area contributed by atoms with Gasteiger partial charge in [-0.05, 0) is 25.5 Å². The molecule has 0 radical (unpaired) electrons. The number of hydrogen-bond acceptors (Lipinski definition) is 4. The number of aromatic nitrogens is 1. The molecule has 0 amide bonds. The molecule has 2 N–H and O–H groups in total. The van der Waals surface area contributed by atoms with E-state index in [2.05, 4.69) is 18.8 Å². The Balaban J connectivity index is 2.39. The summed E-state index contributed by atoms with van der Waals surface area (Å²) in [6, 6.07) is 6.57. The molecule has 2 rings (SSSR count). The molecular formula is C12H17N3O. The van der Waals surface area contributed by atoms with Crippen LogP contribution >= 0.6 is 0 Å². The van der Waals surface area contributed by atoms with E-state index < -0.39 is 0 Å². The second-order valence-electron chi connectivity index (χ2n) is 4.09. The lowest BCUT2D eigenvalue weighted by atomic mass is 10.2. The molecule has 16 heavy (non-hydrogen) atoms. The van der Waals surface area contributed by atoms with Crippen molar-refractivity contribution in [1.29, 1.82) is 0 Å². The monoisotopic (exact) mass is 219 g/mol. The highest BCUT2D eigenvalue weighted by molar-refractivity contribution is 5.78. The smallest absolute Gasteiger partial charge is 0.298 e. The van der Waals surface area contributed by atoms with E-state index in [4.69, 9.17) is 10.2 Å². The quantitative estimate of drug-likeness (QED) is 0.806. The Bertz CT molecular complexity index is 492. The first kappa shape index (κ1) is 10.8. The van der Waals surface area contributed by atoms with E-state index in [1.165, 1.54) is 0 Å². The topological polar surface area (TPSA) is 55.3 Å². The largest absolute Gasteiger partial charge is 0.423 e. The second kappa shape index (κ2) is 4.04. The van der Waals surface area contributed by atoms with Crippen LogP contribution in [0.1, 0.15) is 20.3 Å². The third kappa shape index (κ3) is 1.83. The van der Waals surface area contributed by atoms with E-state index in [9.17, 15) is 0 Å². The van der Waals surface area contributed by atoms with Gasteiger partial charge in [-0.3, -0.25) is 0 Å². The number of oxazole rings is 1. The summed E-state index contributed by atoms with van der Waals surface area (Å²) >= 11 is 0. The maximum atomic E-state index is 5.69. The van der Waals surface area contributed by atoms with E-state index >= 15 is 0 Å². The van der Waals surface area contributed by atoms with Crippen LogP contribution in [0.15, 0.2) is 22.6 Å². The van der Waals surface area contributed by atoms with Crippen LogP contribution in [-0.2, 0) is 0 Å². The summed E-state index contributed by atoms with van der Waals surface area (Å²) in [6.45, 7) is 4.28. The number of nitrogens with zero attached hydrogens (tertiary/aromatic N) is 2. The van der Waals surface area contributed by atoms with Gasteiger partial charge in [-0.15, -0.1) is 0 Å². The molecule has 0 aliphatic carbocycles. The van der Waals surface area contributed by atoms with Gasteiger partial charge in [0.25, 0.3) is 6.01 Å². The van der Waals surface area contributed by atoms with Crippen molar-refractivity contribution in [2.75, 3.05) is 17.7 Å². The van der Waals surface area contributed by atoms with Crippen molar-refractivity contribution >= 4 is 22.8 Å². The average Bonchev–Trinajstić information content (AvgIpc) is 2.69. The van der Waals surface area contributed by atoms with Gasteiger partial charge in [0.1, 0.15) is 5.52 Å². The molecule has 0 aliphatic rings. The van der Waals surface area contributed by atoms with E-state index in [1.54, 1.807) is 6.07 Å². The summed E-state index contributed by atoms with van der Waals surface area (Å²) in [6.07, 6.45) is 1.05. The van der Waals surface area contributed by atoms with Gasteiger partial charge < -0.3 is 15.1 Å². The van der Waals surface area contributed by atoms with Gasteiger partial charge in [-0.1, -0.05) is 6.92 Å².